The molecule has 0 aliphatic carbocycles. The van der Waals surface area contributed by atoms with E-state index in [0.29, 0.717) is 0 Å². The molecule has 9 aromatic carbocycles. The third kappa shape index (κ3) is 5.27. The fraction of sp³-hybridized carbons (Fsp3) is 0. The van der Waals surface area contributed by atoms with Gasteiger partial charge in [0.25, 0.3) is 0 Å². The van der Waals surface area contributed by atoms with E-state index in [1.165, 1.54) is 58.7 Å². The summed E-state index contributed by atoms with van der Waals surface area (Å²) in [5.41, 5.74) is 13.3. The molecule has 4 heteroatoms. The molecule has 0 aliphatic heterocycles. The molecule has 3 nitrogen and oxygen atoms in total. The van der Waals surface area contributed by atoms with Gasteiger partial charge < -0.3 is 13.9 Å². The number of hydrogen-bond donors (Lipinski definition) is 0. The molecule has 0 spiro atoms. The number of aromatic nitrogens is 1. The standard InChI is InChI=1S/C54H34N2OS/c1-2-10-35(11-3-1)36-18-23-39(24-19-36)55(40-25-20-37(21-26-40)38-22-31-54-48(32-38)46-14-6-9-17-53(46)58-54)42-27-29-44-43-12-4-7-15-49(43)56(50(44)34-42)41-28-30-52-47(33-41)45-13-5-8-16-51(45)57-52/h1-34H. The van der Waals surface area contributed by atoms with Crippen LogP contribution in [0.4, 0.5) is 17.1 Å². The van der Waals surface area contributed by atoms with Crippen molar-refractivity contribution < 1.29 is 4.42 Å². The number of para-hydroxylation sites is 2. The van der Waals surface area contributed by atoms with Crippen LogP contribution < -0.4 is 4.90 Å². The van der Waals surface area contributed by atoms with Crippen LogP contribution in [0.25, 0.3) is 91.9 Å². The number of benzene rings is 9. The Morgan fingerprint density at radius 3 is 1.74 bits per heavy atom. The average Bonchev–Trinajstić information content (AvgIpc) is 3.96. The summed E-state index contributed by atoms with van der Waals surface area (Å²) in [4.78, 5) is 2.38. The summed E-state index contributed by atoms with van der Waals surface area (Å²) >= 11 is 1.86. The number of thiophene rings is 1. The highest BCUT2D eigenvalue weighted by Gasteiger charge is 2.19. The molecule has 0 unspecified atom stereocenters. The number of furan rings is 1. The summed E-state index contributed by atoms with van der Waals surface area (Å²) in [6.45, 7) is 0. The molecule has 0 radical (unpaired) electrons. The summed E-state index contributed by atoms with van der Waals surface area (Å²) < 4.78 is 11.3. The van der Waals surface area contributed by atoms with Crippen LogP contribution >= 0.6 is 11.3 Å². The summed E-state index contributed by atoms with van der Waals surface area (Å²) in [6, 6.07) is 74.6. The van der Waals surface area contributed by atoms with Crippen LogP contribution in [-0.2, 0) is 0 Å². The van der Waals surface area contributed by atoms with Crippen molar-refractivity contribution in [3.63, 3.8) is 0 Å². The molecule has 12 aromatic rings. The first kappa shape index (κ1) is 32.8. The normalized spacial score (nSPS) is 11.8. The summed E-state index contributed by atoms with van der Waals surface area (Å²) in [7, 11) is 0. The van der Waals surface area contributed by atoms with Crippen LogP contribution in [0.2, 0.25) is 0 Å². The molecule has 0 atom stereocenters. The van der Waals surface area contributed by atoms with Gasteiger partial charge in [-0.15, -0.1) is 11.3 Å². The maximum absolute atomic E-state index is 6.24. The van der Waals surface area contributed by atoms with Gasteiger partial charge in [0.15, 0.2) is 0 Å². The lowest BCUT2D eigenvalue weighted by atomic mass is 10.0. The van der Waals surface area contributed by atoms with Crippen molar-refractivity contribution >= 4 is 92.3 Å². The minimum Gasteiger partial charge on any atom is -0.456 e. The summed E-state index contributed by atoms with van der Waals surface area (Å²) in [5.74, 6) is 0. The van der Waals surface area contributed by atoms with Crippen LogP contribution in [0.15, 0.2) is 211 Å². The van der Waals surface area contributed by atoms with E-state index in [0.717, 1.165) is 50.2 Å². The van der Waals surface area contributed by atoms with Gasteiger partial charge in [-0.05, 0) is 107 Å². The van der Waals surface area contributed by atoms with E-state index in [-0.39, 0.29) is 0 Å². The van der Waals surface area contributed by atoms with E-state index < -0.39 is 0 Å². The van der Waals surface area contributed by atoms with Gasteiger partial charge in [-0.1, -0.05) is 121 Å². The second-order valence-corrected chi connectivity index (χ2v) is 16.0. The van der Waals surface area contributed by atoms with E-state index in [9.17, 15) is 0 Å². The van der Waals surface area contributed by atoms with Crippen LogP contribution in [0.1, 0.15) is 0 Å². The zero-order valence-corrected chi connectivity index (χ0v) is 32.2. The maximum Gasteiger partial charge on any atom is 0.135 e. The lowest BCUT2D eigenvalue weighted by molar-refractivity contribution is 0.669. The molecule has 0 N–H and O–H groups in total. The lowest BCUT2D eigenvalue weighted by Gasteiger charge is -2.26. The Morgan fingerprint density at radius 2 is 0.931 bits per heavy atom. The number of anilines is 3. The molecular weight excluding hydrogens is 725 g/mol. The molecule has 0 saturated carbocycles. The lowest BCUT2D eigenvalue weighted by Crippen LogP contribution is -2.10. The minimum absolute atomic E-state index is 0.892. The molecule has 3 aromatic heterocycles. The molecule has 3 heterocycles. The first-order valence-corrected chi connectivity index (χ1v) is 20.5. The van der Waals surface area contributed by atoms with Crippen LogP contribution in [0.3, 0.4) is 0 Å². The Hall–Kier alpha value is -7.40. The molecule has 0 bridgehead atoms. The average molecular weight is 759 g/mol. The second kappa shape index (κ2) is 13.1. The highest BCUT2D eigenvalue weighted by molar-refractivity contribution is 7.25. The molecule has 58 heavy (non-hydrogen) atoms. The highest BCUT2D eigenvalue weighted by atomic mass is 32.1. The van der Waals surface area contributed by atoms with E-state index in [2.05, 4.69) is 204 Å². The highest BCUT2D eigenvalue weighted by Crippen LogP contribution is 2.42. The third-order valence-electron chi connectivity index (χ3n) is 11.6. The van der Waals surface area contributed by atoms with E-state index >= 15 is 0 Å². The molecule has 0 fully saturated rings. The van der Waals surface area contributed by atoms with Crippen LogP contribution in [-0.4, -0.2) is 4.57 Å². The first-order valence-electron chi connectivity index (χ1n) is 19.7. The zero-order chi connectivity index (χ0) is 38.2. The molecule has 272 valence electrons. The second-order valence-electron chi connectivity index (χ2n) is 14.9. The van der Waals surface area contributed by atoms with E-state index in [4.69, 9.17) is 4.42 Å². The minimum atomic E-state index is 0.892. The monoisotopic (exact) mass is 758 g/mol. The Bertz CT molecular complexity index is 3500. The predicted octanol–water partition coefficient (Wildman–Crippen LogP) is 15.9. The van der Waals surface area contributed by atoms with Crippen molar-refractivity contribution in [2.45, 2.75) is 0 Å². The Balaban J connectivity index is 1.02. The number of fused-ring (bicyclic) bond motifs is 9. The Morgan fingerprint density at radius 1 is 0.345 bits per heavy atom. The third-order valence-corrected chi connectivity index (χ3v) is 12.8. The van der Waals surface area contributed by atoms with Crippen molar-refractivity contribution in [3.8, 4) is 27.9 Å². The number of nitrogens with zero attached hydrogens (tertiary/aromatic N) is 2. The van der Waals surface area contributed by atoms with Gasteiger partial charge in [0.05, 0.1) is 11.0 Å². The quantitative estimate of drug-likeness (QED) is 0.168. The maximum atomic E-state index is 6.24. The fourth-order valence-corrected chi connectivity index (χ4v) is 9.91. The smallest absolute Gasteiger partial charge is 0.135 e. The Labute approximate surface area is 338 Å². The predicted molar refractivity (Wildman–Crippen MR) is 247 cm³/mol. The summed E-state index contributed by atoms with van der Waals surface area (Å²) in [6.07, 6.45) is 0. The van der Waals surface area contributed by atoms with Gasteiger partial charge in [-0.25, -0.2) is 0 Å². The molecule has 0 aliphatic rings. The van der Waals surface area contributed by atoms with Gasteiger partial charge in [0, 0.05) is 64.5 Å². The first-order chi connectivity index (χ1) is 28.7. The van der Waals surface area contributed by atoms with Crippen LogP contribution in [0.5, 0.6) is 0 Å². The Kier molecular flexibility index (Phi) is 7.40. The molecule has 0 amide bonds. The van der Waals surface area contributed by atoms with E-state index in [1.807, 2.05) is 23.5 Å². The van der Waals surface area contributed by atoms with Gasteiger partial charge in [0.2, 0.25) is 0 Å². The number of hydrogen-bond acceptors (Lipinski definition) is 3. The van der Waals surface area contributed by atoms with Gasteiger partial charge in [0.1, 0.15) is 11.2 Å². The van der Waals surface area contributed by atoms with Crippen molar-refractivity contribution in [1.82, 2.24) is 4.57 Å². The zero-order valence-electron chi connectivity index (χ0n) is 31.3. The number of rotatable bonds is 6. The van der Waals surface area contributed by atoms with Crippen LogP contribution in [0, 0.1) is 0 Å². The van der Waals surface area contributed by atoms with Crippen molar-refractivity contribution in [2.24, 2.45) is 0 Å². The molecule has 0 saturated heterocycles. The molecular formula is C54H34N2OS. The summed E-state index contributed by atoms with van der Waals surface area (Å²) in [5, 5.41) is 7.30. The van der Waals surface area contributed by atoms with Crippen molar-refractivity contribution in [2.75, 3.05) is 4.90 Å². The fourth-order valence-electron chi connectivity index (χ4n) is 8.82. The van der Waals surface area contributed by atoms with Crippen molar-refractivity contribution in [3.05, 3.63) is 206 Å². The largest absolute Gasteiger partial charge is 0.456 e. The topological polar surface area (TPSA) is 21.3 Å². The molecule has 12 rings (SSSR count). The van der Waals surface area contributed by atoms with Gasteiger partial charge in [-0.2, -0.15) is 0 Å². The SMILES string of the molecule is c1ccc(-c2ccc(N(c3ccc(-c4ccc5sc6ccccc6c5c4)cc3)c3ccc4c5ccccc5n(-c5ccc6oc7ccccc7c6c5)c4c3)cc2)cc1. The van der Waals surface area contributed by atoms with Crippen molar-refractivity contribution in [1.29, 1.82) is 0 Å². The van der Waals surface area contributed by atoms with Gasteiger partial charge >= 0.3 is 0 Å². The van der Waals surface area contributed by atoms with E-state index in [1.54, 1.807) is 0 Å². The van der Waals surface area contributed by atoms with Gasteiger partial charge in [-0.3, -0.25) is 0 Å².